The third-order valence-electron chi connectivity index (χ3n) is 5.90. The van der Waals surface area contributed by atoms with Crippen molar-refractivity contribution in [3.63, 3.8) is 0 Å². The third-order valence-corrected chi connectivity index (χ3v) is 5.90. The highest BCUT2D eigenvalue weighted by atomic mass is 19.3. The zero-order chi connectivity index (χ0) is 23.1. The van der Waals surface area contributed by atoms with E-state index in [2.05, 4.69) is 24.7 Å². The molecule has 0 saturated carbocycles. The molecule has 1 aliphatic rings. The number of nitrogens with zero attached hydrogens (tertiary/aromatic N) is 6. The van der Waals surface area contributed by atoms with Crippen molar-refractivity contribution in [2.45, 2.75) is 32.3 Å². The van der Waals surface area contributed by atoms with Gasteiger partial charge in [0, 0.05) is 30.5 Å². The maximum Gasteiger partial charge on any atom is 0.387 e. The number of piperidine rings is 1. The number of benzene rings is 1. The molecule has 0 unspecified atom stereocenters. The first-order chi connectivity index (χ1) is 15.9. The molecule has 11 heteroatoms. The first-order valence-electron chi connectivity index (χ1n) is 10.6. The van der Waals surface area contributed by atoms with Crippen molar-refractivity contribution in [3.8, 4) is 11.5 Å². The lowest BCUT2D eigenvalue weighted by Crippen LogP contribution is -2.35. The summed E-state index contributed by atoms with van der Waals surface area (Å²) >= 11 is 0. The molecule has 4 heterocycles. The smallest absolute Gasteiger partial charge is 0.387 e. The monoisotopic (exact) mass is 455 g/mol. The predicted molar refractivity (Wildman–Crippen MR) is 119 cm³/mol. The predicted octanol–water partition coefficient (Wildman–Crippen LogP) is 3.56. The van der Waals surface area contributed by atoms with Crippen molar-refractivity contribution in [1.82, 2.24) is 24.6 Å². The Kier molecular flexibility index (Phi) is 5.31. The number of alkyl halides is 2. The van der Waals surface area contributed by atoms with Crippen molar-refractivity contribution in [3.05, 3.63) is 41.9 Å². The maximum absolute atomic E-state index is 12.6. The maximum atomic E-state index is 12.6. The van der Waals surface area contributed by atoms with Crippen LogP contribution >= 0.6 is 0 Å². The molecular weight excluding hydrogens is 432 g/mol. The van der Waals surface area contributed by atoms with Crippen LogP contribution in [-0.2, 0) is 0 Å². The van der Waals surface area contributed by atoms with E-state index in [1.807, 2.05) is 18.2 Å². The molecule has 1 aromatic carbocycles. The molecule has 3 aromatic heterocycles. The van der Waals surface area contributed by atoms with Crippen LogP contribution in [0.5, 0.6) is 11.5 Å². The number of anilines is 2. The molecule has 5 rings (SSSR count). The van der Waals surface area contributed by atoms with E-state index < -0.39 is 6.61 Å². The average Bonchev–Trinajstić information content (AvgIpc) is 3.26. The number of pyridine rings is 1. The Morgan fingerprint density at radius 1 is 1.21 bits per heavy atom. The van der Waals surface area contributed by atoms with E-state index in [4.69, 9.17) is 15.5 Å². The highest BCUT2D eigenvalue weighted by Crippen LogP contribution is 2.31. The molecule has 172 valence electrons. The zero-order valence-electron chi connectivity index (χ0n) is 18.2. The van der Waals surface area contributed by atoms with Gasteiger partial charge in [-0.1, -0.05) is 0 Å². The van der Waals surface area contributed by atoms with E-state index in [0.29, 0.717) is 40.7 Å². The van der Waals surface area contributed by atoms with Crippen LogP contribution in [0, 0.1) is 6.92 Å². The van der Waals surface area contributed by atoms with Crippen molar-refractivity contribution in [1.29, 1.82) is 0 Å². The molecule has 0 amide bonds. The highest BCUT2D eigenvalue weighted by Gasteiger charge is 2.27. The molecule has 0 radical (unpaired) electrons. The summed E-state index contributed by atoms with van der Waals surface area (Å²) in [5, 5.41) is 5.49. The molecule has 33 heavy (non-hydrogen) atoms. The van der Waals surface area contributed by atoms with Crippen LogP contribution in [-0.4, -0.2) is 51.4 Å². The van der Waals surface area contributed by atoms with Gasteiger partial charge in [-0.2, -0.15) is 13.3 Å². The van der Waals surface area contributed by atoms with Gasteiger partial charge in [-0.05, 0) is 43.5 Å². The molecule has 1 atom stereocenters. The summed E-state index contributed by atoms with van der Waals surface area (Å²) in [5.41, 5.74) is 8.11. The van der Waals surface area contributed by atoms with Crippen molar-refractivity contribution in [2.24, 2.45) is 0 Å². The molecular formula is C22H23F2N7O2. The van der Waals surface area contributed by atoms with Crippen molar-refractivity contribution < 1.29 is 18.3 Å². The number of hydrogen-bond acceptors (Lipinski definition) is 8. The Bertz CT molecular complexity index is 1330. The Hall–Kier alpha value is -3.76. The van der Waals surface area contributed by atoms with Gasteiger partial charge >= 0.3 is 6.61 Å². The van der Waals surface area contributed by atoms with Crippen LogP contribution in [0.2, 0.25) is 0 Å². The van der Waals surface area contributed by atoms with Gasteiger partial charge in [0.25, 0.3) is 0 Å². The third kappa shape index (κ3) is 3.94. The SMILES string of the molecule is COc1ccc2c(c1)nc(N)n1nc([C@@H]3CCCN(c4cc(C)c(OC(F)F)cn4)C3)nc21. The number of aryl methyl sites for hydroxylation is 1. The Labute approximate surface area is 188 Å². The largest absolute Gasteiger partial charge is 0.497 e. The fraction of sp³-hybridized carbons (Fsp3) is 0.364. The number of hydrogen-bond donors (Lipinski definition) is 1. The number of nitrogen functional groups attached to an aromatic ring is 1. The van der Waals surface area contributed by atoms with E-state index in [1.54, 1.807) is 24.6 Å². The molecule has 1 aliphatic heterocycles. The Morgan fingerprint density at radius 3 is 2.82 bits per heavy atom. The number of aromatic nitrogens is 5. The second kappa shape index (κ2) is 8.30. The standard InChI is InChI=1S/C22H23F2N7O2/c1-12-8-18(26-10-17(12)33-21(23)24)30-7-3-4-13(11-30)19-28-20-15-6-5-14(32-2)9-16(15)27-22(25)31(20)29-19/h5-6,8-10,13,21H,3-4,7,11H2,1-2H3,(H2,25,27)/t13-/m1/s1. The van der Waals surface area contributed by atoms with Gasteiger partial charge < -0.3 is 20.1 Å². The van der Waals surface area contributed by atoms with E-state index in [9.17, 15) is 8.78 Å². The van der Waals surface area contributed by atoms with Gasteiger partial charge in [0.15, 0.2) is 11.5 Å². The van der Waals surface area contributed by atoms with E-state index in [0.717, 1.165) is 24.8 Å². The lowest BCUT2D eigenvalue weighted by Gasteiger charge is -2.32. The summed E-state index contributed by atoms with van der Waals surface area (Å²) in [6, 6.07) is 7.33. The van der Waals surface area contributed by atoms with E-state index in [-0.39, 0.29) is 17.6 Å². The summed E-state index contributed by atoms with van der Waals surface area (Å²) in [4.78, 5) is 15.7. The minimum atomic E-state index is -2.88. The average molecular weight is 455 g/mol. The highest BCUT2D eigenvalue weighted by molar-refractivity contribution is 5.93. The fourth-order valence-corrected chi connectivity index (χ4v) is 4.24. The van der Waals surface area contributed by atoms with Gasteiger partial charge in [0.05, 0.1) is 18.8 Å². The second-order valence-corrected chi connectivity index (χ2v) is 8.03. The molecule has 0 bridgehead atoms. The summed E-state index contributed by atoms with van der Waals surface area (Å²) in [6.45, 7) is 0.301. The molecule has 9 nitrogen and oxygen atoms in total. The summed E-state index contributed by atoms with van der Waals surface area (Å²) in [7, 11) is 1.60. The van der Waals surface area contributed by atoms with Crippen LogP contribution in [0.4, 0.5) is 20.5 Å². The quantitative estimate of drug-likeness (QED) is 0.487. The Balaban J connectivity index is 1.45. The molecule has 0 aliphatic carbocycles. The van der Waals surface area contributed by atoms with Crippen LogP contribution in [0.25, 0.3) is 16.6 Å². The number of rotatable bonds is 5. The molecule has 2 N–H and O–H groups in total. The van der Waals surface area contributed by atoms with Crippen molar-refractivity contribution in [2.75, 3.05) is 30.8 Å². The number of methoxy groups -OCH3 is 1. The number of halogens is 2. The fourth-order valence-electron chi connectivity index (χ4n) is 4.24. The Morgan fingerprint density at radius 2 is 2.06 bits per heavy atom. The lowest BCUT2D eigenvalue weighted by atomic mass is 9.97. The van der Waals surface area contributed by atoms with Gasteiger partial charge in [0.2, 0.25) is 5.95 Å². The summed E-state index contributed by atoms with van der Waals surface area (Å²) in [6.07, 6.45) is 3.18. The minimum absolute atomic E-state index is 0.0606. The first-order valence-corrected chi connectivity index (χ1v) is 10.6. The minimum Gasteiger partial charge on any atom is -0.497 e. The molecule has 0 spiro atoms. The van der Waals surface area contributed by atoms with Gasteiger partial charge in [-0.15, -0.1) is 5.10 Å². The zero-order valence-corrected chi connectivity index (χ0v) is 18.2. The molecule has 1 saturated heterocycles. The lowest BCUT2D eigenvalue weighted by molar-refractivity contribution is -0.0505. The molecule has 4 aromatic rings. The van der Waals surface area contributed by atoms with E-state index in [1.165, 1.54) is 6.20 Å². The van der Waals surface area contributed by atoms with Gasteiger partial charge in [0.1, 0.15) is 17.3 Å². The van der Waals surface area contributed by atoms with Gasteiger partial charge in [-0.25, -0.2) is 15.0 Å². The second-order valence-electron chi connectivity index (χ2n) is 8.03. The van der Waals surface area contributed by atoms with Crippen LogP contribution < -0.4 is 20.1 Å². The number of ether oxygens (including phenoxy) is 2. The topological polar surface area (TPSA) is 104 Å². The first kappa shape index (κ1) is 21.1. The molecule has 1 fully saturated rings. The van der Waals surface area contributed by atoms with Crippen molar-refractivity contribution >= 4 is 28.3 Å². The number of fused-ring (bicyclic) bond motifs is 3. The summed E-state index contributed by atoms with van der Waals surface area (Å²) in [5.74, 6) is 2.48. The van der Waals surface area contributed by atoms with Crippen LogP contribution in [0.1, 0.15) is 30.1 Å². The van der Waals surface area contributed by atoms with Crippen LogP contribution in [0.3, 0.4) is 0 Å². The van der Waals surface area contributed by atoms with E-state index >= 15 is 0 Å². The number of nitrogens with two attached hydrogens (primary N) is 1. The van der Waals surface area contributed by atoms with Crippen LogP contribution in [0.15, 0.2) is 30.5 Å². The van der Waals surface area contributed by atoms with Gasteiger partial charge in [-0.3, -0.25) is 0 Å². The normalized spacial score (nSPS) is 16.6. The summed E-state index contributed by atoms with van der Waals surface area (Å²) < 4.78 is 36.5.